The summed E-state index contributed by atoms with van der Waals surface area (Å²) in [7, 11) is 0. The fraction of sp³-hybridized carbons (Fsp3) is 0.130. The van der Waals surface area contributed by atoms with Gasteiger partial charge in [-0.3, -0.25) is 14.2 Å². The highest BCUT2D eigenvalue weighted by atomic mass is 32.2. The Labute approximate surface area is 193 Å². The first kappa shape index (κ1) is 21.8. The van der Waals surface area contributed by atoms with Crippen LogP contribution in [-0.4, -0.2) is 39.0 Å². The van der Waals surface area contributed by atoms with Gasteiger partial charge >= 0.3 is 5.97 Å². The first-order valence-corrected chi connectivity index (χ1v) is 11.7. The van der Waals surface area contributed by atoms with Crippen LogP contribution in [0.5, 0.6) is 0 Å². The van der Waals surface area contributed by atoms with Gasteiger partial charge < -0.3 is 10.1 Å². The number of rotatable bonds is 9. The Morgan fingerprint density at radius 2 is 1.72 bits per heavy atom. The van der Waals surface area contributed by atoms with Gasteiger partial charge in [0.25, 0.3) is 5.91 Å². The van der Waals surface area contributed by atoms with Crippen molar-refractivity contribution in [3.8, 4) is 17.1 Å². The Hall–Kier alpha value is -3.43. The number of thiophene rings is 1. The van der Waals surface area contributed by atoms with Crippen LogP contribution in [0.3, 0.4) is 0 Å². The van der Waals surface area contributed by atoms with Crippen molar-refractivity contribution in [2.24, 2.45) is 0 Å². The Kier molecular flexibility index (Phi) is 7.31. The van der Waals surface area contributed by atoms with Gasteiger partial charge in [-0.05, 0) is 23.6 Å². The summed E-state index contributed by atoms with van der Waals surface area (Å²) in [5, 5.41) is 13.9. The minimum Gasteiger partial charge on any atom is -0.455 e. The number of hydrogen-bond donors (Lipinski definition) is 1. The molecule has 0 saturated carbocycles. The highest BCUT2D eigenvalue weighted by Gasteiger charge is 2.18. The van der Waals surface area contributed by atoms with Crippen molar-refractivity contribution in [3.05, 3.63) is 83.1 Å². The van der Waals surface area contributed by atoms with Crippen LogP contribution < -0.4 is 5.32 Å². The first-order valence-electron chi connectivity index (χ1n) is 9.84. The molecule has 0 spiro atoms. The fourth-order valence-corrected chi connectivity index (χ4v) is 4.30. The summed E-state index contributed by atoms with van der Waals surface area (Å²) in [5.41, 5.74) is 1.81. The molecule has 0 unspecified atom stereocenters. The third kappa shape index (κ3) is 5.63. The van der Waals surface area contributed by atoms with Crippen molar-refractivity contribution in [2.75, 3.05) is 12.4 Å². The minimum atomic E-state index is -0.495. The highest BCUT2D eigenvalue weighted by Crippen LogP contribution is 2.27. The van der Waals surface area contributed by atoms with Gasteiger partial charge in [-0.1, -0.05) is 66.4 Å². The van der Waals surface area contributed by atoms with Gasteiger partial charge in [0, 0.05) is 16.1 Å². The van der Waals surface area contributed by atoms with Crippen LogP contribution >= 0.6 is 23.1 Å². The number of nitrogens with one attached hydrogen (secondary N) is 1. The number of amides is 1. The number of nitrogens with zero attached hydrogens (tertiary/aromatic N) is 3. The van der Waals surface area contributed by atoms with Crippen molar-refractivity contribution >= 4 is 35.0 Å². The first-order chi connectivity index (χ1) is 15.7. The second-order valence-corrected chi connectivity index (χ2v) is 8.62. The fourth-order valence-electron chi connectivity index (χ4n) is 2.91. The molecule has 162 valence electrons. The second kappa shape index (κ2) is 10.7. The number of aromatic nitrogens is 3. The van der Waals surface area contributed by atoms with E-state index in [0.29, 0.717) is 17.5 Å². The number of carbonyl (C=O) groups is 2. The van der Waals surface area contributed by atoms with E-state index in [4.69, 9.17) is 4.74 Å². The zero-order valence-electron chi connectivity index (χ0n) is 17.0. The zero-order valence-corrected chi connectivity index (χ0v) is 18.6. The summed E-state index contributed by atoms with van der Waals surface area (Å²) < 4.78 is 7.01. The van der Waals surface area contributed by atoms with E-state index in [9.17, 15) is 9.59 Å². The van der Waals surface area contributed by atoms with Crippen molar-refractivity contribution < 1.29 is 14.3 Å². The van der Waals surface area contributed by atoms with Gasteiger partial charge in [-0.2, -0.15) is 0 Å². The molecule has 0 bridgehead atoms. The lowest BCUT2D eigenvalue weighted by Crippen LogP contribution is -2.28. The largest absolute Gasteiger partial charge is 0.455 e. The van der Waals surface area contributed by atoms with Crippen LogP contribution in [0.1, 0.15) is 4.88 Å². The topological polar surface area (TPSA) is 86.1 Å². The molecule has 4 aromatic rings. The summed E-state index contributed by atoms with van der Waals surface area (Å²) >= 11 is 2.77. The van der Waals surface area contributed by atoms with E-state index in [1.165, 1.54) is 11.8 Å². The van der Waals surface area contributed by atoms with Gasteiger partial charge in [0.15, 0.2) is 17.6 Å². The van der Waals surface area contributed by atoms with Crippen LogP contribution in [0, 0.1) is 0 Å². The van der Waals surface area contributed by atoms with E-state index < -0.39 is 5.97 Å². The van der Waals surface area contributed by atoms with Gasteiger partial charge in [0.05, 0.1) is 12.3 Å². The summed E-state index contributed by atoms with van der Waals surface area (Å²) in [4.78, 5) is 25.1. The predicted octanol–water partition coefficient (Wildman–Crippen LogP) is 3.95. The van der Waals surface area contributed by atoms with Crippen LogP contribution in [0.15, 0.2) is 83.3 Å². The van der Waals surface area contributed by atoms with E-state index in [2.05, 4.69) is 15.5 Å². The molecular formula is C23H20N4O3S2. The van der Waals surface area contributed by atoms with Crippen molar-refractivity contribution in [1.29, 1.82) is 0 Å². The number of hydrogen-bond acceptors (Lipinski definition) is 7. The van der Waals surface area contributed by atoms with Crippen LogP contribution in [-0.2, 0) is 20.9 Å². The molecule has 2 aromatic carbocycles. The average Bonchev–Trinajstić information content (AvgIpc) is 3.51. The Morgan fingerprint density at radius 3 is 2.44 bits per heavy atom. The maximum Gasteiger partial charge on any atom is 0.316 e. The molecule has 2 aromatic heterocycles. The number of esters is 1. The molecule has 0 saturated heterocycles. The number of thioether (sulfide) groups is 1. The third-order valence-corrected chi connectivity index (χ3v) is 6.18. The molecule has 0 aliphatic carbocycles. The molecule has 0 radical (unpaired) electrons. The van der Waals surface area contributed by atoms with Gasteiger partial charge in [0.1, 0.15) is 0 Å². The number of carbonyl (C=O) groups excluding carboxylic acids is 2. The second-order valence-electron chi connectivity index (χ2n) is 6.65. The lowest BCUT2D eigenvalue weighted by atomic mass is 10.2. The Bertz CT molecular complexity index is 1160. The smallest absolute Gasteiger partial charge is 0.316 e. The van der Waals surface area contributed by atoms with E-state index >= 15 is 0 Å². The zero-order chi connectivity index (χ0) is 22.2. The molecule has 32 heavy (non-hydrogen) atoms. The summed E-state index contributed by atoms with van der Waals surface area (Å²) in [6, 6.07) is 23.3. The monoisotopic (exact) mass is 464 g/mol. The molecular weight excluding hydrogens is 444 g/mol. The standard InChI is InChI=1S/C23H20N4O3S2/c28-20(24-14-19-12-7-13-31-19)15-30-21(29)16-32-23-26-25-22(17-8-3-1-4-9-17)27(23)18-10-5-2-6-11-18/h1-13H,14-16H2,(H,24,28). The van der Waals surface area contributed by atoms with Gasteiger partial charge in [-0.15, -0.1) is 21.5 Å². The third-order valence-electron chi connectivity index (χ3n) is 4.40. The average molecular weight is 465 g/mol. The molecule has 7 nitrogen and oxygen atoms in total. The Balaban J connectivity index is 1.38. The maximum absolute atomic E-state index is 12.2. The Morgan fingerprint density at radius 1 is 0.969 bits per heavy atom. The van der Waals surface area contributed by atoms with Crippen molar-refractivity contribution in [2.45, 2.75) is 11.7 Å². The van der Waals surface area contributed by atoms with Crippen LogP contribution in [0.2, 0.25) is 0 Å². The van der Waals surface area contributed by atoms with Gasteiger partial charge in [0.2, 0.25) is 0 Å². The lowest BCUT2D eigenvalue weighted by Gasteiger charge is -2.10. The van der Waals surface area contributed by atoms with Crippen molar-refractivity contribution in [1.82, 2.24) is 20.1 Å². The van der Waals surface area contributed by atoms with Crippen LogP contribution in [0.4, 0.5) is 0 Å². The molecule has 2 heterocycles. The molecule has 4 rings (SSSR count). The molecule has 0 aliphatic rings. The SMILES string of the molecule is O=C(COC(=O)CSc1nnc(-c2ccccc2)n1-c1ccccc1)NCc1cccs1. The number of benzene rings is 2. The molecule has 0 atom stereocenters. The summed E-state index contributed by atoms with van der Waals surface area (Å²) in [6.07, 6.45) is 0. The van der Waals surface area contributed by atoms with Crippen LogP contribution in [0.25, 0.3) is 17.1 Å². The summed E-state index contributed by atoms with van der Waals surface area (Å²) in [6.45, 7) is 0.108. The minimum absolute atomic E-state index is 0.0119. The molecule has 9 heteroatoms. The number of ether oxygens (including phenoxy) is 1. The number of para-hydroxylation sites is 1. The quantitative estimate of drug-likeness (QED) is 0.298. The predicted molar refractivity (Wildman–Crippen MR) is 125 cm³/mol. The highest BCUT2D eigenvalue weighted by molar-refractivity contribution is 7.99. The maximum atomic E-state index is 12.2. The van der Waals surface area contributed by atoms with Gasteiger partial charge in [-0.25, -0.2) is 0 Å². The van der Waals surface area contributed by atoms with E-state index in [0.717, 1.165) is 16.1 Å². The van der Waals surface area contributed by atoms with E-state index in [1.54, 1.807) is 11.3 Å². The molecule has 0 fully saturated rings. The summed E-state index contributed by atoms with van der Waals surface area (Å²) in [5.74, 6) is -0.140. The normalized spacial score (nSPS) is 10.6. The molecule has 0 aliphatic heterocycles. The molecule has 1 N–H and O–H groups in total. The lowest BCUT2D eigenvalue weighted by molar-refractivity contribution is -0.145. The van der Waals surface area contributed by atoms with E-state index in [-0.39, 0.29) is 18.3 Å². The van der Waals surface area contributed by atoms with E-state index in [1.807, 2.05) is 82.7 Å². The van der Waals surface area contributed by atoms with Crippen molar-refractivity contribution in [3.63, 3.8) is 0 Å². The molecule has 1 amide bonds.